The Bertz CT molecular complexity index is 1430. The zero-order valence-corrected chi connectivity index (χ0v) is 16.4. The van der Waals surface area contributed by atoms with Crippen molar-refractivity contribution in [1.82, 2.24) is 13.9 Å². The van der Waals surface area contributed by atoms with Crippen molar-refractivity contribution in [3.05, 3.63) is 63.6 Å². The third kappa shape index (κ3) is 2.90. The second kappa shape index (κ2) is 6.28. The quantitative estimate of drug-likeness (QED) is 0.552. The maximum atomic E-state index is 13.4. The summed E-state index contributed by atoms with van der Waals surface area (Å²) in [5.74, 6) is -1.28. The van der Waals surface area contributed by atoms with Crippen molar-refractivity contribution in [2.75, 3.05) is 0 Å². The number of amides is 1. The molecule has 0 radical (unpaired) electrons. The number of carbonyl (C=O) groups is 1. The highest BCUT2D eigenvalue weighted by molar-refractivity contribution is 7.90. The zero-order chi connectivity index (χ0) is 20.2. The molecule has 2 heterocycles. The Balaban J connectivity index is 1.70. The number of nitrogens with one attached hydrogen (secondary N) is 1. The number of aryl methyl sites for hydroxylation is 2. The Morgan fingerprint density at radius 2 is 1.75 bits per heavy atom. The van der Waals surface area contributed by atoms with Gasteiger partial charge in [0.25, 0.3) is 15.9 Å². The average molecular weight is 419 g/mol. The predicted molar refractivity (Wildman–Crippen MR) is 105 cm³/mol. The average Bonchev–Trinajstić information content (AvgIpc) is 3.11. The molecule has 0 aliphatic carbocycles. The molecule has 2 aromatic carbocycles. The van der Waals surface area contributed by atoms with Crippen molar-refractivity contribution in [3.8, 4) is 0 Å². The van der Waals surface area contributed by atoms with E-state index in [1.807, 2.05) is 4.72 Å². The summed E-state index contributed by atoms with van der Waals surface area (Å²) in [6.45, 7) is 0. The number of hydrogen-bond donors (Lipinski definition) is 1. The lowest BCUT2D eigenvalue weighted by atomic mass is 10.2. The largest absolute Gasteiger partial charge is 0.340 e. The first-order valence-electron chi connectivity index (χ1n) is 8.09. The molecule has 7 nitrogen and oxygen atoms in total. The molecule has 0 unspecified atom stereocenters. The molecule has 0 atom stereocenters. The van der Waals surface area contributed by atoms with Crippen LogP contribution in [-0.4, -0.2) is 23.5 Å². The van der Waals surface area contributed by atoms with Crippen LogP contribution >= 0.6 is 11.3 Å². The lowest BCUT2D eigenvalue weighted by Gasteiger charge is -2.08. The van der Waals surface area contributed by atoms with Gasteiger partial charge in [0.05, 0.1) is 15.1 Å². The lowest BCUT2D eigenvalue weighted by molar-refractivity contribution is 0.0974. The number of thiazole rings is 1. The van der Waals surface area contributed by atoms with Crippen LogP contribution in [-0.2, 0) is 24.1 Å². The summed E-state index contributed by atoms with van der Waals surface area (Å²) in [6, 6.07) is 9.68. The molecule has 0 saturated heterocycles. The number of hydrogen-bond acceptors (Lipinski definition) is 5. The number of rotatable bonds is 3. The molecule has 28 heavy (non-hydrogen) atoms. The van der Waals surface area contributed by atoms with Crippen LogP contribution in [0.1, 0.15) is 10.5 Å². The van der Waals surface area contributed by atoms with Gasteiger partial charge in [-0.15, -0.1) is 0 Å². The molecule has 0 fully saturated rings. The summed E-state index contributed by atoms with van der Waals surface area (Å²) < 4.78 is 44.1. The molecule has 0 aliphatic rings. The molecule has 1 N–H and O–H groups in total. The Kier molecular flexibility index (Phi) is 4.12. The Hall–Kier alpha value is -2.98. The van der Waals surface area contributed by atoms with E-state index < -0.39 is 21.7 Å². The fraction of sp³-hybridized carbons (Fsp3) is 0.111. The number of carbonyl (C=O) groups excluding carboxylic acids is 1. The highest BCUT2D eigenvalue weighted by Gasteiger charge is 2.22. The van der Waals surface area contributed by atoms with E-state index in [1.165, 1.54) is 51.6 Å². The van der Waals surface area contributed by atoms with Gasteiger partial charge in [0.2, 0.25) is 0 Å². The van der Waals surface area contributed by atoms with Crippen molar-refractivity contribution >= 4 is 48.4 Å². The third-order valence-electron chi connectivity index (χ3n) is 4.54. The molecule has 144 valence electrons. The third-order valence-corrected chi connectivity index (χ3v) is 6.86. The normalized spacial score (nSPS) is 12.0. The minimum atomic E-state index is -4.16. The van der Waals surface area contributed by atoms with Gasteiger partial charge in [-0.05, 0) is 42.5 Å². The summed E-state index contributed by atoms with van der Waals surface area (Å²) in [5.41, 5.74) is 1.28. The SMILES string of the molecule is Cn1c(C(=O)NS(=O)(=O)c2ccc3c(c2)sc(=O)n3C)cc2cc(F)ccc21. The van der Waals surface area contributed by atoms with Crippen LogP contribution in [0.15, 0.2) is 52.2 Å². The molecule has 0 spiro atoms. The number of nitrogens with zero attached hydrogens (tertiary/aromatic N) is 2. The van der Waals surface area contributed by atoms with Gasteiger partial charge in [-0.3, -0.25) is 9.59 Å². The molecular formula is C18H14FN3O4S2. The van der Waals surface area contributed by atoms with E-state index in [0.29, 0.717) is 21.1 Å². The van der Waals surface area contributed by atoms with Crippen LogP contribution in [0.5, 0.6) is 0 Å². The van der Waals surface area contributed by atoms with Crippen LogP contribution in [0, 0.1) is 5.82 Å². The van der Waals surface area contributed by atoms with E-state index in [0.717, 1.165) is 11.3 Å². The van der Waals surface area contributed by atoms with Gasteiger partial charge in [-0.25, -0.2) is 17.5 Å². The van der Waals surface area contributed by atoms with Gasteiger partial charge in [0, 0.05) is 25.0 Å². The summed E-state index contributed by atoms with van der Waals surface area (Å²) >= 11 is 0.922. The zero-order valence-electron chi connectivity index (χ0n) is 14.8. The molecule has 1 amide bonds. The topological polar surface area (TPSA) is 90.2 Å². The lowest BCUT2D eigenvalue weighted by Crippen LogP contribution is -2.31. The molecule has 4 rings (SSSR count). The van der Waals surface area contributed by atoms with E-state index in [2.05, 4.69) is 0 Å². The molecule has 4 aromatic rings. The summed E-state index contributed by atoms with van der Waals surface area (Å²) in [4.78, 5) is 24.0. The maximum absolute atomic E-state index is 13.4. The van der Waals surface area contributed by atoms with E-state index >= 15 is 0 Å². The smallest absolute Gasteiger partial charge is 0.307 e. The summed E-state index contributed by atoms with van der Waals surface area (Å²) in [5, 5.41) is 0.487. The van der Waals surface area contributed by atoms with Crippen LogP contribution in [0.4, 0.5) is 4.39 Å². The maximum Gasteiger partial charge on any atom is 0.307 e. The second-order valence-corrected chi connectivity index (χ2v) is 8.96. The molecule has 10 heteroatoms. The number of halogens is 1. The Morgan fingerprint density at radius 1 is 1.04 bits per heavy atom. The first kappa shape index (κ1) is 18.4. The van der Waals surface area contributed by atoms with Crippen molar-refractivity contribution in [1.29, 1.82) is 0 Å². The van der Waals surface area contributed by atoms with Gasteiger partial charge in [0.15, 0.2) is 0 Å². The van der Waals surface area contributed by atoms with Gasteiger partial charge < -0.3 is 9.13 Å². The van der Waals surface area contributed by atoms with E-state index in [4.69, 9.17) is 0 Å². The monoisotopic (exact) mass is 419 g/mol. The van der Waals surface area contributed by atoms with Crippen molar-refractivity contribution in [3.63, 3.8) is 0 Å². The highest BCUT2D eigenvalue weighted by atomic mass is 32.2. The molecule has 0 saturated carbocycles. The summed E-state index contributed by atoms with van der Waals surface area (Å²) in [7, 11) is -0.967. The molecular weight excluding hydrogens is 405 g/mol. The number of aromatic nitrogens is 2. The van der Waals surface area contributed by atoms with Gasteiger partial charge in [0.1, 0.15) is 11.5 Å². The van der Waals surface area contributed by atoms with Crippen LogP contribution in [0.25, 0.3) is 21.1 Å². The van der Waals surface area contributed by atoms with E-state index in [9.17, 15) is 22.4 Å². The fourth-order valence-electron chi connectivity index (χ4n) is 3.05. The predicted octanol–water partition coefficient (Wildman–Crippen LogP) is 2.35. The molecule has 0 bridgehead atoms. The van der Waals surface area contributed by atoms with Crippen LogP contribution in [0.2, 0.25) is 0 Å². The Morgan fingerprint density at radius 3 is 2.50 bits per heavy atom. The Labute approximate surface area is 162 Å². The number of fused-ring (bicyclic) bond motifs is 2. The molecule has 2 aromatic heterocycles. The standard InChI is InChI=1S/C18H14FN3O4S2/c1-21-13-5-3-11(19)7-10(13)8-15(21)17(23)20-28(25,26)12-4-6-14-16(9-12)27-18(24)22(14)2/h3-9H,1-2H3,(H,20,23). The van der Waals surface area contributed by atoms with Gasteiger partial charge in [-0.2, -0.15) is 0 Å². The first-order valence-corrected chi connectivity index (χ1v) is 10.4. The molecule has 0 aliphatic heterocycles. The highest BCUT2D eigenvalue weighted by Crippen LogP contribution is 2.23. The minimum absolute atomic E-state index is 0.0784. The van der Waals surface area contributed by atoms with Crippen molar-refractivity contribution in [2.45, 2.75) is 4.90 Å². The van der Waals surface area contributed by atoms with Crippen LogP contribution < -0.4 is 9.60 Å². The van der Waals surface area contributed by atoms with Crippen molar-refractivity contribution < 1.29 is 17.6 Å². The number of sulfonamides is 1. The van der Waals surface area contributed by atoms with Gasteiger partial charge >= 0.3 is 4.87 Å². The van der Waals surface area contributed by atoms with E-state index in [-0.39, 0.29) is 15.5 Å². The summed E-state index contributed by atoms with van der Waals surface area (Å²) in [6.07, 6.45) is 0. The van der Waals surface area contributed by atoms with Gasteiger partial charge in [-0.1, -0.05) is 11.3 Å². The van der Waals surface area contributed by atoms with E-state index in [1.54, 1.807) is 14.1 Å². The van der Waals surface area contributed by atoms with Crippen molar-refractivity contribution in [2.24, 2.45) is 14.1 Å². The second-order valence-electron chi connectivity index (χ2n) is 6.28. The number of benzene rings is 2. The minimum Gasteiger partial charge on any atom is -0.340 e. The fourth-order valence-corrected chi connectivity index (χ4v) is 5.03. The first-order chi connectivity index (χ1) is 13.2. The van der Waals surface area contributed by atoms with Crippen LogP contribution in [0.3, 0.4) is 0 Å².